The number of carbonyl (C=O) groups is 2. The van der Waals surface area contributed by atoms with Crippen LogP contribution in [0.5, 0.6) is 5.75 Å². The van der Waals surface area contributed by atoms with Gasteiger partial charge in [0.2, 0.25) is 5.43 Å². The minimum Gasteiger partial charge on any atom is -0.503 e. The van der Waals surface area contributed by atoms with Crippen LogP contribution in [0.1, 0.15) is 51.7 Å². The van der Waals surface area contributed by atoms with Crippen LogP contribution in [0.2, 0.25) is 0 Å². The Kier molecular flexibility index (Phi) is 5.17. The van der Waals surface area contributed by atoms with Crippen LogP contribution in [0.3, 0.4) is 0 Å². The predicted octanol–water partition coefficient (Wildman–Crippen LogP) is 2.45. The van der Waals surface area contributed by atoms with Gasteiger partial charge in [-0.15, -0.1) is 0 Å². The highest BCUT2D eigenvalue weighted by Gasteiger charge is 2.49. The number of nitrogens with zero attached hydrogens (tertiary/aromatic N) is 1. The van der Waals surface area contributed by atoms with Crippen LogP contribution >= 0.6 is 0 Å². The smallest absolute Gasteiger partial charge is 0.257 e. The summed E-state index contributed by atoms with van der Waals surface area (Å²) in [5.41, 5.74) is -2.46. The average Bonchev–Trinajstić information content (AvgIpc) is 2.74. The molecule has 2 atom stereocenters. The molecule has 0 radical (unpaired) electrons. The van der Waals surface area contributed by atoms with Gasteiger partial charge in [-0.2, -0.15) is 0 Å². The van der Waals surface area contributed by atoms with Crippen LogP contribution in [0.15, 0.2) is 23.1 Å². The molecule has 0 saturated carbocycles. The Bertz CT molecular complexity index is 1160. The van der Waals surface area contributed by atoms with Crippen molar-refractivity contribution in [3.63, 3.8) is 0 Å². The molecule has 1 fully saturated rings. The number of fused-ring (bicyclic) bond motifs is 2. The monoisotopic (exact) mass is 432 g/mol. The second-order valence-electron chi connectivity index (χ2n) is 8.26. The molecule has 2 N–H and O–H groups in total. The number of rotatable bonds is 3. The lowest BCUT2D eigenvalue weighted by Gasteiger charge is -2.44. The second kappa shape index (κ2) is 7.56. The Morgan fingerprint density at radius 2 is 2.10 bits per heavy atom. The van der Waals surface area contributed by atoms with Gasteiger partial charge < -0.3 is 19.7 Å². The van der Waals surface area contributed by atoms with Crippen LogP contribution in [-0.2, 0) is 17.8 Å². The zero-order valence-electron chi connectivity index (χ0n) is 17.1. The molecule has 1 aromatic heterocycles. The molecule has 7 nitrogen and oxygen atoms in total. The topological polar surface area (TPSA) is 97.6 Å². The Labute approximate surface area is 176 Å². The predicted molar refractivity (Wildman–Crippen MR) is 106 cm³/mol. The Balaban J connectivity index is 1.64. The number of hydrogen-bond donors (Lipinski definition) is 2. The van der Waals surface area contributed by atoms with Crippen LogP contribution in [-0.4, -0.2) is 34.1 Å². The van der Waals surface area contributed by atoms with E-state index in [0.29, 0.717) is 19.4 Å². The van der Waals surface area contributed by atoms with Crippen molar-refractivity contribution in [1.82, 2.24) is 9.88 Å². The third kappa shape index (κ3) is 3.33. The minimum absolute atomic E-state index is 0.0519. The number of benzene rings is 1. The summed E-state index contributed by atoms with van der Waals surface area (Å²) >= 11 is 0. The number of hydrogen-bond acceptors (Lipinski definition) is 5. The first-order valence-electron chi connectivity index (χ1n) is 9.99. The van der Waals surface area contributed by atoms with Gasteiger partial charge in [-0.25, -0.2) is 8.78 Å². The molecule has 9 heteroatoms. The minimum atomic E-state index is -0.980. The summed E-state index contributed by atoms with van der Waals surface area (Å²) in [5.74, 6) is -3.51. The van der Waals surface area contributed by atoms with E-state index in [1.165, 1.54) is 23.8 Å². The number of carbonyl (C=O) groups excluding carboxylic acids is 2. The van der Waals surface area contributed by atoms with Crippen LogP contribution in [0, 0.1) is 24.0 Å². The Morgan fingerprint density at radius 1 is 1.35 bits per heavy atom. The maximum Gasteiger partial charge on any atom is 0.257 e. The highest BCUT2D eigenvalue weighted by atomic mass is 19.1. The maximum absolute atomic E-state index is 14.2. The van der Waals surface area contributed by atoms with Gasteiger partial charge in [0.25, 0.3) is 5.91 Å². The van der Waals surface area contributed by atoms with Gasteiger partial charge in [0.05, 0.1) is 18.1 Å². The fourth-order valence-electron chi connectivity index (χ4n) is 4.29. The first kappa shape index (κ1) is 21.2. The van der Waals surface area contributed by atoms with Crippen molar-refractivity contribution in [2.24, 2.45) is 5.41 Å². The number of ketones is 1. The van der Waals surface area contributed by atoms with E-state index in [2.05, 4.69) is 5.32 Å². The quantitative estimate of drug-likeness (QED) is 0.777. The summed E-state index contributed by atoms with van der Waals surface area (Å²) in [7, 11) is 0. The normalized spacial score (nSPS) is 22.6. The summed E-state index contributed by atoms with van der Waals surface area (Å²) in [6, 6.07) is 2.29. The summed E-state index contributed by atoms with van der Waals surface area (Å²) in [5, 5.41) is 12.9. The number of halogens is 2. The van der Waals surface area contributed by atoms with Crippen LogP contribution < -0.4 is 10.7 Å². The second-order valence-corrected chi connectivity index (χ2v) is 8.26. The summed E-state index contributed by atoms with van der Waals surface area (Å²) in [6.45, 7) is 3.47. The molecule has 0 bridgehead atoms. The van der Waals surface area contributed by atoms with Gasteiger partial charge in [0.15, 0.2) is 11.5 Å². The van der Waals surface area contributed by atoms with E-state index in [1.54, 1.807) is 6.92 Å². The maximum atomic E-state index is 14.2. The molecular formula is C22H22F2N2O5. The zero-order valence-corrected chi connectivity index (χ0v) is 17.1. The molecule has 2 aromatic rings. The molecule has 4 rings (SSSR count). The van der Waals surface area contributed by atoms with Crippen molar-refractivity contribution in [3.8, 4) is 5.75 Å². The summed E-state index contributed by atoms with van der Waals surface area (Å²) in [6.07, 6.45) is 2.06. The van der Waals surface area contributed by atoms with E-state index in [1.807, 2.05) is 0 Å². The van der Waals surface area contributed by atoms with Crippen LogP contribution in [0.4, 0.5) is 8.78 Å². The van der Waals surface area contributed by atoms with Gasteiger partial charge in [-0.1, -0.05) is 6.07 Å². The fourth-order valence-corrected chi connectivity index (χ4v) is 4.29. The van der Waals surface area contributed by atoms with Gasteiger partial charge in [-0.05, 0) is 32.8 Å². The van der Waals surface area contributed by atoms with E-state index in [-0.39, 0.29) is 35.5 Å². The molecule has 1 amide bonds. The van der Waals surface area contributed by atoms with E-state index in [4.69, 9.17) is 4.74 Å². The molecule has 3 heterocycles. The first-order valence-corrected chi connectivity index (χ1v) is 9.99. The Hall–Kier alpha value is -3.07. The molecule has 0 aliphatic carbocycles. The van der Waals surface area contributed by atoms with Crippen molar-refractivity contribution < 1.29 is 28.2 Å². The van der Waals surface area contributed by atoms with E-state index in [0.717, 1.165) is 6.07 Å². The molecule has 2 aliphatic rings. The third-order valence-electron chi connectivity index (χ3n) is 6.31. The van der Waals surface area contributed by atoms with Crippen molar-refractivity contribution in [2.45, 2.75) is 45.9 Å². The molecule has 31 heavy (non-hydrogen) atoms. The van der Waals surface area contributed by atoms with Gasteiger partial charge in [0.1, 0.15) is 22.9 Å². The van der Waals surface area contributed by atoms with Crippen molar-refractivity contribution >= 4 is 11.7 Å². The molecule has 0 spiro atoms. The van der Waals surface area contributed by atoms with Gasteiger partial charge >= 0.3 is 0 Å². The number of pyridine rings is 1. The number of Topliss-reactive ketones (excluding diaryl/α,β-unsaturated/α-hetero) is 1. The molecule has 1 aromatic carbocycles. The number of aromatic hydroxyl groups is 1. The number of amides is 1. The highest BCUT2D eigenvalue weighted by molar-refractivity contribution is 6.03. The summed E-state index contributed by atoms with van der Waals surface area (Å²) < 4.78 is 34.7. The number of nitrogens with one attached hydrogen (secondary N) is 1. The first-order chi connectivity index (χ1) is 14.6. The highest BCUT2D eigenvalue weighted by Crippen LogP contribution is 2.42. The molecule has 0 unspecified atom stereocenters. The SMILES string of the molecule is Cc1c(F)ccc(CNC(=O)c2cn3c(c(O)c2=O)C(=O)[C@@]2(C)CCCO[C@H]2C3)c1F. The lowest BCUT2D eigenvalue weighted by molar-refractivity contribution is -0.0740. The lowest BCUT2D eigenvalue weighted by Crippen LogP contribution is -2.52. The van der Waals surface area contributed by atoms with E-state index >= 15 is 0 Å². The standard InChI is InChI=1S/C22H22F2N2O5/c1-11-14(23)5-4-12(16(11)24)8-25-21(30)13-9-26-10-15-22(2,6-3-7-31-15)20(29)17(26)19(28)18(13)27/h4-5,9,15,28H,3,6-8,10H2,1-2H3,(H,25,30)/t15-,22-/m0/s1. The largest absolute Gasteiger partial charge is 0.503 e. The van der Waals surface area contributed by atoms with Crippen LogP contribution in [0.25, 0.3) is 0 Å². The van der Waals surface area contributed by atoms with Crippen molar-refractivity contribution in [2.75, 3.05) is 6.61 Å². The molecule has 1 saturated heterocycles. The fraction of sp³-hybridized carbons (Fsp3) is 0.409. The lowest BCUT2D eigenvalue weighted by atomic mass is 9.71. The summed E-state index contributed by atoms with van der Waals surface area (Å²) in [4.78, 5) is 38.3. The van der Waals surface area contributed by atoms with E-state index in [9.17, 15) is 28.3 Å². The van der Waals surface area contributed by atoms with Gasteiger partial charge in [-0.3, -0.25) is 14.4 Å². The third-order valence-corrected chi connectivity index (χ3v) is 6.31. The average molecular weight is 432 g/mol. The van der Waals surface area contributed by atoms with Crippen molar-refractivity contribution in [1.29, 1.82) is 0 Å². The van der Waals surface area contributed by atoms with Crippen molar-refractivity contribution in [3.05, 3.63) is 62.6 Å². The molecular weight excluding hydrogens is 410 g/mol. The molecule has 2 aliphatic heterocycles. The number of ether oxygens (including phenoxy) is 1. The zero-order chi connectivity index (χ0) is 22.5. The van der Waals surface area contributed by atoms with E-state index < -0.39 is 46.0 Å². The number of aromatic nitrogens is 1. The Morgan fingerprint density at radius 3 is 2.84 bits per heavy atom. The van der Waals surface area contributed by atoms with Gasteiger partial charge in [0, 0.05) is 30.5 Å². The molecule has 164 valence electrons.